The van der Waals surface area contributed by atoms with E-state index in [4.69, 9.17) is 4.74 Å². The molecule has 0 spiro atoms. The lowest BCUT2D eigenvalue weighted by atomic mass is 10.1. The van der Waals surface area contributed by atoms with Crippen LogP contribution in [0.3, 0.4) is 0 Å². The molecule has 0 radical (unpaired) electrons. The van der Waals surface area contributed by atoms with Gasteiger partial charge in [-0.15, -0.1) is 0 Å². The van der Waals surface area contributed by atoms with Gasteiger partial charge in [-0.1, -0.05) is 12.1 Å². The lowest BCUT2D eigenvalue weighted by Gasteiger charge is -2.35. The van der Waals surface area contributed by atoms with Gasteiger partial charge < -0.3 is 9.64 Å². The normalized spacial score (nSPS) is 24.1. The second kappa shape index (κ2) is 7.25. The minimum Gasteiger partial charge on any atom is -0.381 e. The predicted molar refractivity (Wildman–Crippen MR) is 86.0 cm³/mol. The minimum absolute atomic E-state index is 0.0657. The molecule has 2 aliphatic rings. The van der Waals surface area contributed by atoms with E-state index in [1.807, 2.05) is 0 Å². The highest BCUT2D eigenvalue weighted by molar-refractivity contribution is 7.88. The highest BCUT2D eigenvalue weighted by atomic mass is 32.2. The van der Waals surface area contributed by atoms with Gasteiger partial charge in [0, 0.05) is 39.3 Å². The molecule has 0 unspecified atom stereocenters. The van der Waals surface area contributed by atoms with E-state index < -0.39 is 10.0 Å². The van der Waals surface area contributed by atoms with Crippen molar-refractivity contribution in [3.8, 4) is 0 Å². The molecule has 0 bridgehead atoms. The van der Waals surface area contributed by atoms with Gasteiger partial charge >= 0.3 is 0 Å². The summed E-state index contributed by atoms with van der Waals surface area (Å²) < 4.78 is 44.8. The number of ether oxygens (including phenoxy) is 1. The first-order chi connectivity index (χ1) is 11.0. The molecule has 0 amide bonds. The Morgan fingerprint density at radius 2 is 1.83 bits per heavy atom. The number of halogens is 1. The smallest absolute Gasteiger partial charge is 0.218 e. The molecule has 0 saturated carbocycles. The van der Waals surface area contributed by atoms with Crippen LogP contribution in [0.5, 0.6) is 0 Å². The van der Waals surface area contributed by atoms with Gasteiger partial charge in [-0.2, -0.15) is 4.31 Å². The summed E-state index contributed by atoms with van der Waals surface area (Å²) in [6.07, 6.45) is 1.10. The summed E-state index contributed by atoms with van der Waals surface area (Å²) in [6, 6.07) is 5.66. The second-order valence-electron chi connectivity index (χ2n) is 6.31. The van der Waals surface area contributed by atoms with Crippen molar-refractivity contribution < 1.29 is 17.5 Å². The van der Waals surface area contributed by atoms with Gasteiger partial charge in [0.05, 0.1) is 12.4 Å². The van der Waals surface area contributed by atoms with E-state index in [-0.39, 0.29) is 11.6 Å². The molecule has 5 nitrogen and oxygen atoms in total. The van der Waals surface area contributed by atoms with Crippen molar-refractivity contribution in [2.75, 3.05) is 45.9 Å². The Morgan fingerprint density at radius 1 is 1.13 bits per heavy atom. The number of benzene rings is 1. The van der Waals surface area contributed by atoms with Crippen molar-refractivity contribution in [2.24, 2.45) is 5.92 Å². The van der Waals surface area contributed by atoms with E-state index >= 15 is 0 Å². The molecule has 7 heteroatoms. The van der Waals surface area contributed by atoms with E-state index in [1.54, 1.807) is 4.31 Å². The van der Waals surface area contributed by atoms with Crippen LogP contribution < -0.4 is 0 Å². The highest BCUT2D eigenvalue weighted by Gasteiger charge is 2.28. The SMILES string of the molecule is O=S(=O)(Cc1ccc(F)cc1)N1CCN(C[C@H]2CCOC2)CC1. The maximum atomic E-state index is 12.9. The fourth-order valence-corrected chi connectivity index (χ4v) is 4.68. The van der Waals surface area contributed by atoms with Crippen molar-refractivity contribution in [3.05, 3.63) is 35.6 Å². The Labute approximate surface area is 137 Å². The first-order valence-electron chi connectivity index (χ1n) is 8.05. The summed E-state index contributed by atoms with van der Waals surface area (Å²) >= 11 is 0. The van der Waals surface area contributed by atoms with Gasteiger partial charge in [0.25, 0.3) is 0 Å². The first-order valence-corrected chi connectivity index (χ1v) is 9.66. The van der Waals surface area contributed by atoms with Crippen molar-refractivity contribution >= 4 is 10.0 Å². The summed E-state index contributed by atoms with van der Waals surface area (Å²) in [6.45, 7) is 5.23. The van der Waals surface area contributed by atoms with Gasteiger partial charge in [0.15, 0.2) is 0 Å². The van der Waals surface area contributed by atoms with E-state index in [0.29, 0.717) is 24.6 Å². The standard InChI is InChI=1S/C16H23FN2O3S/c17-16-3-1-14(2-4-16)13-23(20,21)19-8-6-18(7-9-19)11-15-5-10-22-12-15/h1-4,15H,5-13H2/t15-/m1/s1. The largest absolute Gasteiger partial charge is 0.381 e. The second-order valence-corrected chi connectivity index (χ2v) is 8.28. The van der Waals surface area contributed by atoms with Crippen molar-refractivity contribution in [2.45, 2.75) is 12.2 Å². The number of hydrogen-bond donors (Lipinski definition) is 0. The van der Waals surface area contributed by atoms with Gasteiger partial charge in [0.2, 0.25) is 10.0 Å². The van der Waals surface area contributed by atoms with Crippen LogP contribution in [0.25, 0.3) is 0 Å². The van der Waals surface area contributed by atoms with Crippen LogP contribution in [0.1, 0.15) is 12.0 Å². The van der Waals surface area contributed by atoms with Crippen molar-refractivity contribution in [1.29, 1.82) is 0 Å². The van der Waals surface area contributed by atoms with Crippen LogP contribution in [0.2, 0.25) is 0 Å². The fraction of sp³-hybridized carbons (Fsp3) is 0.625. The molecule has 1 aromatic carbocycles. The predicted octanol–water partition coefficient (Wildman–Crippen LogP) is 1.31. The van der Waals surface area contributed by atoms with Crippen LogP contribution in [0.15, 0.2) is 24.3 Å². The van der Waals surface area contributed by atoms with E-state index in [1.165, 1.54) is 24.3 Å². The number of hydrogen-bond acceptors (Lipinski definition) is 4. The molecule has 1 aromatic rings. The maximum Gasteiger partial charge on any atom is 0.218 e. The number of sulfonamides is 1. The lowest BCUT2D eigenvalue weighted by molar-refractivity contribution is 0.143. The van der Waals surface area contributed by atoms with Gasteiger partial charge in [-0.25, -0.2) is 12.8 Å². The molecule has 23 heavy (non-hydrogen) atoms. The minimum atomic E-state index is -3.34. The number of nitrogens with zero attached hydrogens (tertiary/aromatic N) is 2. The molecule has 2 heterocycles. The third kappa shape index (κ3) is 4.50. The summed E-state index contributed by atoms with van der Waals surface area (Å²) in [7, 11) is -3.34. The van der Waals surface area contributed by atoms with Gasteiger partial charge in [-0.3, -0.25) is 0 Å². The van der Waals surface area contributed by atoms with Gasteiger partial charge in [-0.05, 0) is 30.0 Å². The Hall–Kier alpha value is -1.02. The third-order valence-electron chi connectivity index (χ3n) is 4.53. The molecular weight excluding hydrogens is 319 g/mol. The Kier molecular flexibility index (Phi) is 5.31. The average molecular weight is 342 g/mol. The Bertz CT molecular complexity index is 607. The molecule has 2 fully saturated rings. The summed E-state index contributed by atoms with van der Waals surface area (Å²) in [5.41, 5.74) is 0.622. The lowest BCUT2D eigenvalue weighted by Crippen LogP contribution is -2.50. The third-order valence-corrected chi connectivity index (χ3v) is 6.38. The topological polar surface area (TPSA) is 49.9 Å². The van der Waals surface area contributed by atoms with E-state index in [0.717, 1.165) is 39.3 Å². The van der Waals surface area contributed by atoms with Crippen LogP contribution in [0, 0.1) is 11.7 Å². The molecule has 0 aliphatic carbocycles. The molecular formula is C16H23FN2O3S. The zero-order valence-corrected chi connectivity index (χ0v) is 14.0. The number of rotatable bonds is 5. The molecule has 2 aliphatic heterocycles. The van der Waals surface area contributed by atoms with Crippen LogP contribution in [-0.2, 0) is 20.5 Å². The summed E-state index contributed by atoms with van der Waals surface area (Å²) in [5.74, 6) is 0.164. The summed E-state index contributed by atoms with van der Waals surface area (Å²) in [4.78, 5) is 2.32. The van der Waals surface area contributed by atoms with Crippen molar-refractivity contribution in [3.63, 3.8) is 0 Å². The molecule has 2 saturated heterocycles. The fourth-order valence-electron chi connectivity index (χ4n) is 3.17. The summed E-state index contributed by atoms with van der Waals surface area (Å²) in [5, 5.41) is 0. The molecule has 128 valence electrons. The van der Waals surface area contributed by atoms with Crippen LogP contribution in [-0.4, -0.2) is 63.6 Å². The van der Waals surface area contributed by atoms with E-state index in [9.17, 15) is 12.8 Å². The Balaban J connectivity index is 1.52. The molecule has 0 aromatic heterocycles. The Morgan fingerprint density at radius 3 is 2.43 bits per heavy atom. The van der Waals surface area contributed by atoms with Crippen LogP contribution in [0.4, 0.5) is 4.39 Å². The zero-order valence-electron chi connectivity index (χ0n) is 13.2. The molecule has 1 atom stereocenters. The van der Waals surface area contributed by atoms with E-state index in [2.05, 4.69) is 4.90 Å². The van der Waals surface area contributed by atoms with Crippen molar-refractivity contribution in [1.82, 2.24) is 9.21 Å². The highest BCUT2D eigenvalue weighted by Crippen LogP contribution is 2.17. The maximum absolute atomic E-state index is 12.9. The quantitative estimate of drug-likeness (QED) is 0.810. The van der Waals surface area contributed by atoms with Gasteiger partial charge in [0.1, 0.15) is 5.82 Å². The zero-order chi connectivity index (χ0) is 16.3. The monoisotopic (exact) mass is 342 g/mol. The molecule has 3 rings (SSSR count). The molecule has 0 N–H and O–H groups in total. The van der Waals surface area contributed by atoms with Crippen LogP contribution >= 0.6 is 0 Å². The first kappa shape index (κ1) is 16.8. The average Bonchev–Trinajstić information content (AvgIpc) is 3.03. The number of piperazine rings is 1.